The average Bonchev–Trinajstić information content (AvgIpc) is 3.13. The van der Waals surface area contributed by atoms with Gasteiger partial charge in [0.25, 0.3) is 0 Å². The van der Waals surface area contributed by atoms with E-state index < -0.39 is 0 Å². The third-order valence-electron chi connectivity index (χ3n) is 3.62. The van der Waals surface area contributed by atoms with E-state index in [0.717, 1.165) is 5.56 Å². The predicted molar refractivity (Wildman–Crippen MR) is 71.1 cm³/mol. The van der Waals surface area contributed by atoms with E-state index in [1.54, 1.807) is 4.90 Å². The molecule has 1 aliphatic carbocycles. The number of alkyl halides is 1. The van der Waals surface area contributed by atoms with E-state index in [1.165, 1.54) is 0 Å². The summed E-state index contributed by atoms with van der Waals surface area (Å²) in [7, 11) is 0. The fraction of sp³-hybridized carbons (Fsp3) is 0.500. The van der Waals surface area contributed by atoms with Gasteiger partial charge in [0.05, 0.1) is 24.6 Å². The fourth-order valence-electron chi connectivity index (χ4n) is 2.46. The Hall–Kier alpha value is -1.26. The van der Waals surface area contributed by atoms with Gasteiger partial charge < -0.3 is 14.4 Å². The quantitative estimate of drug-likeness (QED) is 0.781. The molecule has 1 saturated carbocycles. The summed E-state index contributed by atoms with van der Waals surface area (Å²) in [6.07, 6.45) is -0.299. The summed E-state index contributed by atoms with van der Waals surface area (Å²) in [6.45, 7) is 2.04. The number of halogens is 1. The molecule has 3 atom stereocenters. The maximum Gasteiger partial charge on any atom is 0.410 e. The Balaban J connectivity index is 1.58. The van der Waals surface area contributed by atoms with Gasteiger partial charge in [-0.15, -0.1) is 11.6 Å². The van der Waals surface area contributed by atoms with Gasteiger partial charge in [0.2, 0.25) is 0 Å². The van der Waals surface area contributed by atoms with Crippen LogP contribution in [0.3, 0.4) is 0 Å². The minimum atomic E-state index is -0.299. The topological polar surface area (TPSA) is 38.8 Å². The number of hydrogen-bond donors (Lipinski definition) is 0. The summed E-state index contributed by atoms with van der Waals surface area (Å²) in [5.74, 6) is 0.258. The minimum absolute atomic E-state index is 0.00424. The molecule has 2 fully saturated rings. The number of rotatable bonds is 2. The molecule has 1 unspecified atom stereocenters. The van der Waals surface area contributed by atoms with E-state index in [2.05, 4.69) is 0 Å². The highest BCUT2D eigenvalue weighted by atomic mass is 35.5. The third kappa shape index (κ3) is 2.69. The van der Waals surface area contributed by atoms with Crippen LogP contribution in [0.15, 0.2) is 30.3 Å². The van der Waals surface area contributed by atoms with Crippen molar-refractivity contribution in [2.24, 2.45) is 5.92 Å². The molecule has 3 rings (SSSR count). The van der Waals surface area contributed by atoms with Crippen LogP contribution < -0.4 is 0 Å². The van der Waals surface area contributed by atoms with Crippen LogP contribution in [0.2, 0.25) is 0 Å². The van der Waals surface area contributed by atoms with Crippen molar-refractivity contribution in [2.45, 2.75) is 18.0 Å². The Kier molecular flexibility index (Phi) is 3.62. The second-order valence-corrected chi connectivity index (χ2v) is 5.41. The number of fused-ring (bicyclic) bond motifs is 1. The fourth-order valence-corrected chi connectivity index (χ4v) is 2.92. The van der Waals surface area contributed by atoms with Gasteiger partial charge in [0, 0.05) is 12.5 Å². The van der Waals surface area contributed by atoms with Crippen LogP contribution in [-0.4, -0.2) is 42.2 Å². The van der Waals surface area contributed by atoms with Gasteiger partial charge in [-0.25, -0.2) is 4.79 Å². The highest BCUT2D eigenvalue weighted by Crippen LogP contribution is 2.42. The zero-order valence-corrected chi connectivity index (χ0v) is 11.3. The largest absolute Gasteiger partial charge is 0.445 e. The standard InChI is InChI=1S/C14H16ClNO3/c15-12-11-9-18-7-6-16(13(11)12)14(17)19-8-10-4-2-1-3-5-10/h1-5,11-13H,6-9H2/t11-,12-,13?/m0/s1. The SMILES string of the molecule is O=C(OCc1ccccc1)N1CCOC[C@@H]2C1[C@H]2Cl. The molecule has 1 aromatic carbocycles. The van der Waals surface area contributed by atoms with Crippen LogP contribution >= 0.6 is 11.6 Å². The summed E-state index contributed by atoms with van der Waals surface area (Å²) >= 11 is 6.16. The molecule has 1 saturated heterocycles. The van der Waals surface area contributed by atoms with E-state index in [4.69, 9.17) is 21.1 Å². The van der Waals surface area contributed by atoms with Crippen molar-refractivity contribution in [2.75, 3.05) is 19.8 Å². The lowest BCUT2D eigenvalue weighted by Crippen LogP contribution is -2.36. The summed E-state index contributed by atoms with van der Waals surface area (Å²) in [5.41, 5.74) is 0.983. The number of carbonyl (C=O) groups is 1. The lowest BCUT2D eigenvalue weighted by atomic mass is 10.2. The van der Waals surface area contributed by atoms with Crippen molar-refractivity contribution in [3.05, 3.63) is 35.9 Å². The molecule has 2 aliphatic rings. The van der Waals surface area contributed by atoms with Gasteiger partial charge >= 0.3 is 6.09 Å². The second kappa shape index (κ2) is 5.39. The molecular weight excluding hydrogens is 266 g/mol. The number of benzene rings is 1. The van der Waals surface area contributed by atoms with E-state index in [9.17, 15) is 4.79 Å². The smallest absolute Gasteiger partial charge is 0.410 e. The monoisotopic (exact) mass is 281 g/mol. The third-order valence-corrected chi connectivity index (χ3v) is 4.20. The van der Waals surface area contributed by atoms with Crippen LogP contribution in [0.4, 0.5) is 4.79 Å². The minimum Gasteiger partial charge on any atom is -0.445 e. The number of ether oxygens (including phenoxy) is 2. The normalized spacial score (nSPS) is 29.3. The summed E-state index contributed by atoms with van der Waals surface area (Å²) in [4.78, 5) is 13.8. The summed E-state index contributed by atoms with van der Waals surface area (Å²) in [6, 6.07) is 9.73. The second-order valence-electron chi connectivity index (χ2n) is 4.91. The molecule has 0 aromatic heterocycles. The van der Waals surface area contributed by atoms with Crippen molar-refractivity contribution < 1.29 is 14.3 Å². The molecule has 0 radical (unpaired) electrons. The van der Waals surface area contributed by atoms with Crippen molar-refractivity contribution in [3.63, 3.8) is 0 Å². The average molecular weight is 282 g/mol. The lowest BCUT2D eigenvalue weighted by molar-refractivity contribution is 0.0837. The number of carbonyl (C=O) groups excluding carboxylic acids is 1. The van der Waals surface area contributed by atoms with Crippen molar-refractivity contribution >= 4 is 17.7 Å². The maximum atomic E-state index is 12.1. The molecule has 0 spiro atoms. The summed E-state index contributed by atoms with van der Waals surface area (Å²) < 4.78 is 10.8. The Morgan fingerprint density at radius 2 is 2.21 bits per heavy atom. The Morgan fingerprint density at radius 1 is 1.42 bits per heavy atom. The van der Waals surface area contributed by atoms with E-state index in [1.807, 2.05) is 30.3 Å². The molecule has 1 amide bonds. The van der Waals surface area contributed by atoms with Gasteiger partial charge in [-0.2, -0.15) is 0 Å². The van der Waals surface area contributed by atoms with E-state index in [0.29, 0.717) is 26.4 Å². The van der Waals surface area contributed by atoms with Crippen LogP contribution in [0.25, 0.3) is 0 Å². The number of hydrogen-bond acceptors (Lipinski definition) is 3. The lowest BCUT2D eigenvalue weighted by Gasteiger charge is -2.20. The predicted octanol–water partition coefficient (Wildman–Crippen LogP) is 2.26. The molecule has 102 valence electrons. The van der Waals surface area contributed by atoms with Crippen LogP contribution in [0.5, 0.6) is 0 Å². The van der Waals surface area contributed by atoms with Crippen molar-refractivity contribution in [3.8, 4) is 0 Å². The Bertz CT molecular complexity index is 453. The zero-order chi connectivity index (χ0) is 13.2. The Labute approximate surface area is 117 Å². The van der Waals surface area contributed by atoms with Crippen molar-refractivity contribution in [1.29, 1.82) is 0 Å². The molecule has 1 aliphatic heterocycles. The molecule has 0 bridgehead atoms. The first kappa shape index (κ1) is 12.8. The van der Waals surface area contributed by atoms with Crippen LogP contribution in [-0.2, 0) is 16.1 Å². The van der Waals surface area contributed by atoms with Crippen LogP contribution in [0, 0.1) is 5.92 Å². The van der Waals surface area contributed by atoms with Gasteiger partial charge in [-0.3, -0.25) is 0 Å². The number of nitrogens with zero attached hydrogens (tertiary/aromatic N) is 1. The first-order valence-corrected chi connectivity index (χ1v) is 6.90. The molecular formula is C14H16ClNO3. The van der Waals surface area contributed by atoms with Gasteiger partial charge in [-0.1, -0.05) is 30.3 Å². The maximum absolute atomic E-state index is 12.1. The molecule has 19 heavy (non-hydrogen) atoms. The zero-order valence-electron chi connectivity index (χ0n) is 10.5. The van der Waals surface area contributed by atoms with Gasteiger partial charge in [0.15, 0.2) is 0 Å². The molecule has 5 heteroatoms. The van der Waals surface area contributed by atoms with E-state index in [-0.39, 0.29) is 23.4 Å². The Morgan fingerprint density at radius 3 is 3.00 bits per heavy atom. The van der Waals surface area contributed by atoms with Gasteiger partial charge in [-0.05, 0) is 5.56 Å². The van der Waals surface area contributed by atoms with Crippen LogP contribution in [0.1, 0.15) is 5.56 Å². The van der Waals surface area contributed by atoms with Crippen molar-refractivity contribution in [1.82, 2.24) is 4.90 Å². The molecule has 0 N–H and O–H groups in total. The molecule has 1 aromatic rings. The molecule has 4 nitrogen and oxygen atoms in total. The highest BCUT2D eigenvalue weighted by Gasteiger charge is 2.55. The number of amides is 1. The first-order chi connectivity index (χ1) is 9.27. The highest BCUT2D eigenvalue weighted by molar-refractivity contribution is 6.23. The first-order valence-electron chi connectivity index (χ1n) is 6.46. The van der Waals surface area contributed by atoms with Gasteiger partial charge in [0.1, 0.15) is 6.61 Å². The molecule has 1 heterocycles. The van der Waals surface area contributed by atoms with E-state index >= 15 is 0 Å². The summed E-state index contributed by atoms with van der Waals surface area (Å²) in [5, 5.41) is 0.00424.